The van der Waals surface area contributed by atoms with Crippen LogP contribution in [0.2, 0.25) is 0 Å². The molecule has 148 valence electrons. The quantitative estimate of drug-likeness (QED) is 0.531. The van der Waals surface area contributed by atoms with Gasteiger partial charge in [0, 0.05) is 5.56 Å². The van der Waals surface area contributed by atoms with Gasteiger partial charge in [0.05, 0.1) is 18.4 Å². The number of amides is 3. The van der Waals surface area contributed by atoms with Gasteiger partial charge in [-0.05, 0) is 17.7 Å². The van der Waals surface area contributed by atoms with Crippen molar-refractivity contribution in [3.63, 3.8) is 0 Å². The zero-order valence-electron chi connectivity index (χ0n) is 15.4. The molecule has 3 rings (SSSR count). The molecule has 3 aromatic rings. The minimum absolute atomic E-state index is 0.286. The van der Waals surface area contributed by atoms with E-state index in [0.29, 0.717) is 11.3 Å². The summed E-state index contributed by atoms with van der Waals surface area (Å²) in [6.07, 6.45) is 2.62. The number of rotatable bonds is 7. The molecule has 0 spiro atoms. The van der Waals surface area contributed by atoms with Gasteiger partial charge < -0.3 is 14.5 Å². The van der Waals surface area contributed by atoms with Crippen LogP contribution in [0.15, 0.2) is 77.6 Å². The molecule has 0 saturated carbocycles. The number of benzene rings is 2. The third-order valence-electron chi connectivity index (χ3n) is 3.86. The van der Waals surface area contributed by atoms with E-state index in [9.17, 15) is 14.4 Å². The summed E-state index contributed by atoms with van der Waals surface area (Å²) in [7, 11) is 0. The van der Waals surface area contributed by atoms with Crippen LogP contribution in [0.1, 0.15) is 10.4 Å². The number of carbonyl (C=O) groups is 3. The fraction of sp³-hybridized carbons (Fsp3) is 0.0952. The van der Waals surface area contributed by atoms with Gasteiger partial charge in [-0.15, -0.1) is 0 Å². The summed E-state index contributed by atoms with van der Waals surface area (Å²) >= 11 is 0. The van der Waals surface area contributed by atoms with Crippen LogP contribution in [0.5, 0.6) is 5.75 Å². The van der Waals surface area contributed by atoms with Crippen molar-refractivity contribution in [3.05, 3.63) is 78.8 Å². The van der Waals surface area contributed by atoms with E-state index in [1.807, 2.05) is 48.5 Å². The molecule has 0 fully saturated rings. The fourth-order valence-corrected chi connectivity index (χ4v) is 2.47. The maximum absolute atomic E-state index is 11.9. The van der Waals surface area contributed by atoms with Crippen molar-refractivity contribution in [2.75, 3.05) is 13.2 Å². The van der Waals surface area contributed by atoms with Crippen LogP contribution in [-0.4, -0.2) is 30.9 Å². The van der Waals surface area contributed by atoms with Gasteiger partial charge in [-0.2, -0.15) is 0 Å². The Hall–Kier alpha value is -4.07. The maximum Gasteiger partial charge on any atom is 0.276 e. The highest BCUT2D eigenvalue weighted by Crippen LogP contribution is 2.29. The molecule has 0 bridgehead atoms. The molecule has 8 nitrogen and oxygen atoms in total. The Labute approximate surface area is 166 Å². The van der Waals surface area contributed by atoms with Gasteiger partial charge in [-0.25, -0.2) is 0 Å². The summed E-state index contributed by atoms with van der Waals surface area (Å²) in [5.41, 5.74) is 6.56. The number of furan rings is 1. The smallest absolute Gasteiger partial charge is 0.276 e. The van der Waals surface area contributed by atoms with Crippen LogP contribution in [0, 0.1) is 0 Å². The van der Waals surface area contributed by atoms with Crippen molar-refractivity contribution in [1.82, 2.24) is 16.2 Å². The van der Waals surface area contributed by atoms with Crippen molar-refractivity contribution in [3.8, 4) is 16.9 Å². The molecule has 0 aliphatic heterocycles. The number of para-hydroxylation sites is 1. The predicted molar refractivity (Wildman–Crippen MR) is 105 cm³/mol. The van der Waals surface area contributed by atoms with Crippen LogP contribution in [0.3, 0.4) is 0 Å². The van der Waals surface area contributed by atoms with E-state index in [0.717, 1.165) is 11.1 Å². The third-order valence-corrected chi connectivity index (χ3v) is 3.86. The Morgan fingerprint density at radius 2 is 1.59 bits per heavy atom. The first-order valence-electron chi connectivity index (χ1n) is 8.79. The molecular weight excluding hydrogens is 374 g/mol. The monoisotopic (exact) mass is 393 g/mol. The molecule has 1 aromatic heterocycles. The summed E-state index contributed by atoms with van der Waals surface area (Å²) in [6.45, 7) is -0.590. The lowest BCUT2D eigenvalue weighted by Crippen LogP contribution is -2.47. The first-order chi connectivity index (χ1) is 14.1. The van der Waals surface area contributed by atoms with Crippen molar-refractivity contribution in [2.24, 2.45) is 0 Å². The van der Waals surface area contributed by atoms with Gasteiger partial charge >= 0.3 is 0 Å². The largest absolute Gasteiger partial charge is 0.483 e. The van der Waals surface area contributed by atoms with E-state index in [1.54, 1.807) is 6.07 Å². The number of ether oxygens (including phenoxy) is 1. The van der Waals surface area contributed by atoms with Crippen LogP contribution < -0.4 is 20.9 Å². The van der Waals surface area contributed by atoms with Crippen molar-refractivity contribution < 1.29 is 23.5 Å². The zero-order chi connectivity index (χ0) is 20.5. The minimum Gasteiger partial charge on any atom is -0.483 e. The third kappa shape index (κ3) is 5.70. The average molecular weight is 393 g/mol. The van der Waals surface area contributed by atoms with Gasteiger partial charge in [0.25, 0.3) is 17.7 Å². The predicted octanol–water partition coefficient (Wildman–Crippen LogP) is 1.90. The van der Waals surface area contributed by atoms with Crippen LogP contribution in [-0.2, 0) is 9.59 Å². The molecule has 1 heterocycles. The van der Waals surface area contributed by atoms with Crippen molar-refractivity contribution in [2.45, 2.75) is 0 Å². The summed E-state index contributed by atoms with van der Waals surface area (Å²) in [5, 5.41) is 2.40. The molecule has 0 unspecified atom stereocenters. The van der Waals surface area contributed by atoms with E-state index in [-0.39, 0.29) is 13.2 Å². The molecule has 0 saturated heterocycles. The van der Waals surface area contributed by atoms with Crippen molar-refractivity contribution in [1.29, 1.82) is 0 Å². The highest BCUT2D eigenvalue weighted by atomic mass is 16.5. The lowest BCUT2D eigenvalue weighted by atomic mass is 10.1. The van der Waals surface area contributed by atoms with Crippen LogP contribution in [0.25, 0.3) is 11.1 Å². The van der Waals surface area contributed by atoms with Gasteiger partial charge in [0.2, 0.25) is 0 Å². The number of carbonyl (C=O) groups excluding carboxylic acids is 3. The van der Waals surface area contributed by atoms with Crippen molar-refractivity contribution >= 4 is 17.7 Å². The first-order valence-corrected chi connectivity index (χ1v) is 8.79. The normalized spacial score (nSPS) is 10.1. The second-order valence-electron chi connectivity index (χ2n) is 5.94. The molecule has 0 radical (unpaired) electrons. The number of hydrogen-bond acceptors (Lipinski definition) is 5. The molecule has 0 atom stereocenters. The lowest BCUT2D eigenvalue weighted by Gasteiger charge is -2.12. The minimum atomic E-state index is -0.583. The highest BCUT2D eigenvalue weighted by Gasteiger charge is 2.11. The maximum atomic E-state index is 11.9. The molecule has 0 aliphatic rings. The molecule has 0 aliphatic carbocycles. The van der Waals surface area contributed by atoms with E-state index in [4.69, 9.17) is 9.15 Å². The Balaban J connectivity index is 1.44. The molecule has 29 heavy (non-hydrogen) atoms. The SMILES string of the molecule is O=C(CNC(=O)c1ccoc1)NNC(=O)COc1ccccc1-c1ccccc1. The molecular formula is C21H19N3O5. The molecule has 2 aromatic carbocycles. The van der Waals surface area contributed by atoms with Gasteiger partial charge in [0.15, 0.2) is 6.61 Å². The second-order valence-corrected chi connectivity index (χ2v) is 5.94. The Morgan fingerprint density at radius 3 is 2.34 bits per heavy atom. The lowest BCUT2D eigenvalue weighted by molar-refractivity contribution is -0.129. The number of hydrogen-bond donors (Lipinski definition) is 3. The first kappa shape index (κ1) is 19.7. The zero-order valence-corrected chi connectivity index (χ0v) is 15.4. The molecule has 8 heteroatoms. The second kappa shape index (κ2) is 9.75. The van der Waals surface area contributed by atoms with E-state index in [1.165, 1.54) is 18.6 Å². The van der Waals surface area contributed by atoms with Crippen LogP contribution >= 0.6 is 0 Å². The number of hydrazine groups is 1. The molecule has 3 N–H and O–H groups in total. The van der Waals surface area contributed by atoms with Gasteiger partial charge in [-0.1, -0.05) is 48.5 Å². The summed E-state index contributed by atoms with van der Waals surface area (Å²) < 4.78 is 10.4. The van der Waals surface area contributed by atoms with Gasteiger partial charge in [0.1, 0.15) is 12.0 Å². The molecule has 3 amide bonds. The number of nitrogens with one attached hydrogen (secondary N) is 3. The van der Waals surface area contributed by atoms with Gasteiger partial charge in [-0.3, -0.25) is 25.2 Å². The summed E-state index contributed by atoms with van der Waals surface area (Å²) in [4.78, 5) is 35.4. The van der Waals surface area contributed by atoms with E-state index >= 15 is 0 Å². The topological polar surface area (TPSA) is 110 Å². The fourth-order valence-electron chi connectivity index (χ4n) is 2.47. The summed E-state index contributed by atoms with van der Waals surface area (Å²) in [6, 6.07) is 18.5. The Kier molecular flexibility index (Phi) is 6.62. The summed E-state index contributed by atoms with van der Waals surface area (Å²) in [5.74, 6) is -1.03. The average Bonchev–Trinajstić information content (AvgIpc) is 3.30. The van der Waals surface area contributed by atoms with E-state index < -0.39 is 17.7 Å². The Morgan fingerprint density at radius 1 is 0.862 bits per heavy atom. The van der Waals surface area contributed by atoms with Crippen LogP contribution in [0.4, 0.5) is 0 Å². The van der Waals surface area contributed by atoms with E-state index in [2.05, 4.69) is 16.2 Å². The standard InChI is InChI=1S/C21H19N3O5/c25-19(12-22-21(27)16-10-11-28-13-16)23-24-20(26)14-29-18-9-5-4-8-17(18)15-6-2-1-3-7-15/h1-11,13H,12,14H2,(H,22,27)(H,23,25)(H,24,26). The Bertz CT molecular complexity index is 971. The highest BCUT2D eigenvalue weighted by molar-refractivity contribution is 5.96.